The smallest absolute Gasteiger partial charge is 0.332 e. The van der Waals surface area contributed by atoms with Gasteiger partial charge in [0.15, 0.2) is 0 Å². The van der Waals surface area contributed by atoms with Crippen LogP contribution in [0.15, 0.2) is 53.4 Å². The molecule has 0 radical (unpaired) electrons. The van der Waals surface area contributed by atoms with E-state index >= 15 is 0 Å². The van der Waals surface area contributed by atoms with Gasteiger partial charge in [0.25, 0.3) is 0 Å². The third-order valence-corrected chi connectivity index (χ3v) is 5.11. The second-order valence-electron chi connectivity index (χ2n) is 4.92. The average molecular weight is 350 g/mol. The van der Waals surface area contributed by atoms with E-state index in [0.29, 0.717) is 0 Å². The van der Waals surface area contributed by atoms with Gasteiger partial charge in [-0.3, -0.25) is 5.73 Å². The Bertz CT molecular complexity index is 901. The van der Waals surface area contributed by atoms with Crippen LogP contribution in [0.5, 0.6) is 0 Å². The molecule has 0 aliphatic carbocycles. The van der Waals surface area contributed by atoms with Gasteiger partial charge in [-0.15, -0.1) is 0 Å². The Morgan fingerprint density at radius 2 is 1.74 bits per heavy atom. The summed E-state index contributed by atoms with van der Waals surface area (Å²) in [5, 5.41) is 0.888. The van der Waals surface area contributed by atoms with E-state index in [9.17, 15) is 13.0 Å². The molecule has 3 aromatic rings. The molecule has 0 aliphatic heterocycles. The lowest BCUT2D eigenvalue weighted by Gasteiger charge is -2.05. The maximum Gasteiger partial charge on any atom is 0.332 e. The standard InChI is InChI=1S/C9H10N2S.C7H8O3S/c1-2-11-7-5-3-4-6-8(7)12-9(11)10;1-6-2-4-7(5-3-6)11(8,9)10/h3-6,10H,2H2,1H3;2-5H,1H3,(H,8,9,10). The van der Waals surface area contributed by atoms with E-state index in [1.807, 2.05) is 19.1 Å². The molecule has 0 spiro atoms. The third kappa shape index (κ3) is 4.28. The largest absolute Gasteiger partial charge is 0.744 e. The van der Waals surface area contributed by atoms with Gasteiger partial charge in [0.1, 0.15) is 15.6 Å². The second-order valence-corrected chi connectivity index (χ2v) is 7.36. The summed E-state index contributed by atoms with van der Waals surface area (Å²) in [5.41, 5.74) is 8.01. The Labute approximate surface area is 139 Å². The quantitative estimate of drug-likeness (QED) is 0.568. The van der Waals surface area contributed by atoms with E-state index in [1.54, 1.807) is 23.5 Å². The van der Waals surface area contributed by atoms with Crippen molar-refractivity contribution in [3.8, 4) is 0 Å². The number of nitrogens with two attached hydrogens (primary N) is 1. The van der Waals surface area contributed by atoms with E-state index in [-0.39, 0.29) is 4.90 Å². The van der Waals surface area contributed by atoms with Crippen LogP contribution in [0.4, 0.5) is 5.13 Å². The number of hydrogen-bond donors (Lipinski definition) is 1. The van der Waals surface area contributed by atoms with Crippen molar-refractivity contribution >= 4 is 36.8 Å². The number of anilines is 1. The van der Waals surface area contributed by atoms with Crippen LogP contribution in [0.25, 0.3) is 10.2 Å². The fraction of sp³-hybridized carbons (Fsp3) is 0.188. The monoisotopic (exact) mass is 350 g/mol. The van der Waals surface area contributed by atoms with Crippen molar-refractivity contribution < 1.29 is 17.5 Å². The minimum atomic E-state index is -4.27. The Morgan fingerprint density at radius 1 is 1.13 bits per heavy atom. The van der Waals surface area contributed by atoms with Crippen LogP contribution in [-0.4, -0.2) is 13.0 Å². The maximum absolute atomic E-state index is 10.4. The zero-order valence-corrected chi connectivity index (χ0v) is 14.5. The van der Waals surface area contributed by atoms with Crippen molar-refractivity contribution in [1.29, 1.82) is 0 Å². The molecule has 2 N–H and O–H groups in total. The second kappa shape index (κ2) is 7.08. The van der Waals surface area contributed by atoms with Crippen molar-refractivity contribution in [2.75, 3.05) is 5.73 Å². The summed E-state index contributed by atoms with van der Waals surface area (Å²) in [6.07, 6.45) is 0. The molecule has 0 atom stereocenters. The number of nitrogens with zero attached hydrogens (tertiary/aromatic N) is 1. The Hall–Kier alpha value is -1.96. The molecule has 7 heteroatoms. The van der Waals surface area contributed by atoms with Crippen molar-refractivity contribution in [2.24, 2.45) is 0 Å². The molecule has 0 unspecified atom stereocenters. The van der Waals surface area contributed by atoms with Gasteiger partial charge < -0.3 is 4.55 Å². The van der Waals surface area contributed by atoms with E-state index in [0.717, 1.165) is 17.2 Å². The molecule has 3 rings (SSSR count). The first-order chi connectivity index (χ1) is 10.8. The molecule has 2 aromatic carbocycles. The highest BCUT2D eigenvalue weighted by Crippen LogP contribution is 2.20. The first-order valence-electron chi connectivity index (χ1n) is 7.02. The zero-order chi connectivity index (χ0) is 17.0. The van der Waals surface area contributed by atoms with E-state index in [2.05, 4.69) is 23.6 Å². The van der Waals surface area contributed by atoms with Crippen LogP contribution in [-0.2, 0) is 16.7 Å². The molecule has 23 heavy (non-hydrogen) atoms. The number of aryl methyl sites for hydroxylation is 2. The number of rotatable bonds is 2. The van der Waals surface area contributed by atoms with Gasteiger partial charge in [0.2, 0.25) is 0 Å². The molecule has 0 amide bonds. The topological polar surface area (TPSA) is 87.1 Å². The third-order valence-electron chi connectivity index (χ3n) is 3.26. The fourth-order valence-electron chi connectivity index (χ4n) is 2.08. The number of thiazole rings is 1. The predicted molar refractivity (Wildman–Crippen MR) is 91.2 cm³/mol. The minimum Gasteiger partial charge on any atom is -0.744 e. The van der Waals surface area contributed by atoms with Crippen LogP contribution in [0.2, 0.25) is 0 Å². The number of para-hydroxylation sites is 1. The Balaban J connectivity index is 0.000000168. The fourth-order valence-corrected chi connectivity index (χ4v) is 3.55. The molecular weight excluding hydrogens is 332 g/mol. The first kappa shape index (κ1) is 17.4. The SMILES string of the molecule is CC[n+]1c(N)sc2ccccc21.Cc1ccc(S(=O)(=O)[O-])cc1. The van der Waals surface area contributed by atoms with Crippen LogP contribution in [0.3, 0.4) is 0 Å². The number of fused-ring (bicyclic) bond motifs is 1. The lowest BCUT2D eigenvalue weighted by atomic mass is 10.2. The summed E-state index contributed by atoms with van der Waals surface area (Å²) in [5.74, 6) is 0. The van der Waals surface area contributed by atoms with Crippen molar-refractivity contribution in [3.63, 3.8) is 0 Å². The van der Waals surface area contributed by atoms with E-state index in [1.165, 1.54) is 22.3 Å². The van der Waals surface area contributed by atoms with Gasteiger partial charge in [-0.05, 0) is 49.4 Å². The summed E-state index contributed by atoms with van der Waals surface area (Å²) in [7, 11) is -4.27. The van der Waals surface area contributed by atoms with Gasteiger partial charge in [0.05, 0.1) is 16.1 Å². The highest BCUT2D eigenvalue weighted by molar-refractivity contribution is 7.85. The Morgan fingerprint density at radius 3 is 2.30 bits per heavy atom. The summed E-state index contributed by atoms with van der Waals surface area (Å²) in [4.78, 5) is -0.178. The van der Waals surface area contributed by atoms with Crippen LogP contribution >= 0.6 is 11.3 Å². The number of hydrogen-bond acceptors (Lipinski definition) is 5. The van der Waals surface area contributed by atoms with Gasteiger partial charge in [-0.2, -0.15) is 0 Å². The van der Waals surface area contributed by atoms with E-state index in [4.69, 9.17) is 5.73 Å². The summed E-state index contributed by atoms with van der Waals surface area (Å²) in [6, 6.07) is 14.1. The summed E-state index contributed by atoms with van der Waals surface area (Å²) < 4.78 is 34.6. The van der Waals surface area contributed by atoms with Gasteiger partial charge in [0, 0.05) is 0 Å². The molecule has 1 aromatic heterocycles. The minimum absolute atomic E-state index is 0.178. The number of benzene rings is 2. The van der Waals surface area contributed by atoms with Crippen molar-refractivity contribution in [2.45, 2.75) is 25.3 Å². The molecule has 0 saturated heterocycles. The highest BCUT2D eigenvalue weighted by atomic mass is 32.2. The average Bonchev–Trinajstić information content (AvgIpc) is 2.82. The maximum atomic E-state index is 10.4. The molecule has 0 saturated carbocycles. The molecule has 5 nitrogen and oxygen atoms in total. The lowest BCUT2D eigenvalue weighted by Crippen LogP contribution is -2.33. The van der Waals surface area contributed by atoms with Crippen LogP contribution in [0.1, 0.15) is 12.5 Å². The van der Waals surface area contributed by atoms with Crippen molar-refractivity contribution in [1.82, 2.24) is 0 Å². The molecule has 0 fully saturated rings. The Kier molecular flexibility index (Phi) is 5.35. The summed E-state index contributed by atoms with van der Waals surface area (Å²) in [6.45, 7) is 4.87. The zero-order valence-electron chi connectivity index (χ0n) is 12.9. The van der Waals surface area contributed by atoms with Gasteiger partial charge in [-0.25, -0.2) is 13.0 Å². The first-order valence-corrected chi connectivity index (χ1v) is 9.25. The van der Waals surface area contributed by atoms with Crippen molar-refractivity contribution in [3.05, 3.63) is 54.1 Å². The summed E-state index contributed by atoms with van der Waals surface area (Å²) >= 11 is 1.64. The van der Waals surface area contributed by atoms with Crippen LogP contribution in [0, 0.1) is 6.92 Å². The van der Waals surface area contributed by atoms with Crippen LogP contribution < -0.4 is 10.3 Å². The predicted octanol–water partition coefficient (Wildman–Crippen LogP) is 2.69. The van der Waals surface area contributed by atoms with Gasteiger partial charge in [-0.1, -0.05) is 29.8 Å². The van der Waals surface area contributed by atoms with Gasteiger partial charge >= 0.3 is 5.13 Å². The molecule has 1 heterocycles. The number of aromatic nitrogens is 1. The highest BCUT2D eigenvalue weighted by Gasteiger charge is 2.11. The molecular formula is C16H18N2O3S2. The normalized spacial score (nSPS) is 11.1. The molecule has 0 aliphatic rings. The molecule has 0 bridgehead atoms. The lowest BCUT2D eigenvalue weighted by molar-refractivity contribution is -0.649. The van der Waals surface area contributed by atoms with E-state index < -0.39 is 10.1 Å². The molecule has 122 valence electrons. The number of nitrogen functional groups attached to an aromatic ring is 1.